The Morgan fingerprint density at radius 1 is 1.50 bits per heavy atom. The van der Waals surface area contributed by atoms with Gasteiger partial charge in [0.15, 0.2) is 0 Å². The summed E-state index contributed by atoms with van der Waals surface area (Å²) in [5.41, 5.74) is -0.468. The summed E-state index contributed by atoms with van der Waals surface area (Å²) >= 11 is 5.19. The highest BCUT2D eigenvalue weighted by molar-refractivity contribution is 7.80. The molecule has 0 saturated carbocycles. The zero-order valence-corrected chi connectivity index (χ0v) is 10.9. The molecule has 1 aliphatic heterocycles. The fourth-order valence-electron chi connectivity index (χ4n) is 1.53. The second-order valence-corrected chi connectivity index (χ2v) is 5.43. The normalized spacial score (nSPS) is 21.9. The number of amides is 1. The van der Waals surface area contributed by atoms with Crippen molar-refractivity contribution in [1.29, 1.82) is 0 Å². The van der Waals surface area contributed by atoms with E-state index in [2.05, 4.69) is 10.6 Å². The number of alkyl carbamates (subject to hydrolysis) is 1. The van der Waals surface area contributed by atoms with E-state index in [4.69, 9.17) is 17.0 Å². The summed E-state index contributed by atoms with van der Waals surface area (Å²) in [6, 6.07) is -0.0904. The molecule has 1 rings (SSSR count). The summed E-state index contributed by atoms with van der Waals surface area (Å²) in [5, 5.41) is 5.92. The summed E-state index contributed by atoms with van der Waals surface area (Å²) in [5.74, 6) is 0. The minimum atomic E-state index is -0.468. The van der Waals surface area contributed by atoms with Crippen LogP contribution in [0.2, 0.25) is 0 Å². The lowest BCUT2D eigenvalue weighted by Gasteiger charge is -2.23. The molecule has 1 amide bonds. The highest BCUT2D eigenvalue weighted by atomic mass is 32.1. The molecule has 1 aliphatic rings. The number of thiocarbonyl (C=S) groups is 1. The number of hydrogen-bond donors (Lipinski definition) is 2. The van der Waals surface area contributed by atoms with Gasteiger partial charge in [0.05, 0.1) is 11.0 Å². The van der Waals surface area contributed by atoms with Crippen molar-refractivity contribution < 1.29 is 9.53 Å². The van der Waals surface area contributed by atoms with E-state index in [9.17, 15) is 4.79 Å². The monoisotopic (exact) mass is 244 g/mol. The van der Waals surface area contributed by atoms with Crippen molar-refractivity contribution in [2.45, 2.75) is 51.7 Å². The molecule has 0 spiro atoms. The van der Waals surface area contributed by atoms with Crippen LogP contribution < -0.4 is 10.6 Å². The first kappa shape index (κ1) is 13.2. The summed E-state index contributed by atoms with van der Waals surface area (Å²) in [6.07, 6.45) is 2.63. The third-order valence-electron chi connectivity index (χ3n) is 2.23. The van der Waals surface area contributed by atoms with Crippen molar-refractivity contribution >= 4 is 23.3 Å². The lowest BCUT2D eigenvalue weighted by atomic mass is 10.1. The number of hydrogen-bond acceptors (Lipinski definition) is 3. The van der Waals surface area contributed by atoms with Gasteiger partial charge in [-0.15, -0.1) is 0 Å². The van der Waals surface area contributed by atoms with Gasteiger partial charge < -0.3 is 15.4 Å². The lowest BCUT2D eigenvalue weighted by Crippen LogP contribution is -2.46. The van der Waals surface area contributed by atoms with Crippen molar-refractivity contribution in [3.8, 4) is 0 Å². The first-order chi connectivity index (χ1) is 7.38. The van der Waals surface area contributed by atoms with Crippen LogP contribution >= 0.6 is 12.2 Å². The van der Waals surface area contributed by atoms with Crippen molar-refractivity contribution in [2.24, 2.45) is 0 Å². The molecule has 16 heavy (non-hydrogen) atoms. The fourth-order valence-corrected chi connectivity index (χ4v) is 1.81. The van der Waals surface area contributed by atoms with Gasteiger partial charge in [-0.3, -0.25) is 0 Å². The number of carbonyl (C=O) groups is 1. The van der Waals surface area contributed by atoms with Gasteiger partial charge in [-0.1, -0.05) is 12.2 Å². The van der Waals surface area contributed by atoms with Crippen LogP contribution in [0.3, 0.4) is 0 Å². The topological polar surface area (TPSA) is 50.4 Å². The summed E-state index contributed by atoms with van der Waals surface area (Å²) in [6.45, 7) is 6.42. The third-order valence-corrected chi connectivity index (χ3v) is 2.66. The molecule has 0 aromatic carbocycles. The molecule has 0 aromatic heterocycles. The Hall–Kier alpha value is -0.840. The largest absolute Gasteiger partial charge is 0.444 e. The number of nitrogens with one attached hydrogen (secondary N) is 2. The Labute approximate surface area is 102 Å². The van der Waals surface area contributed by atoms with E-state index in [-0.39, 0.29) is 6.04 Å². The quantitative estimate of drug-likeness (QED) is 0.693. The Bertz CT molecular complexity index is 274. The zero-order chi connectivity index (χ0) is 12.2. The van der Waals surface area contributed by atoms with Crippen molar-refractivity contribution in [1.82, 2.24) is 10.6 Å². The maximum atomic E-state index is 11.6. The van der Waals surface area contributed by atoms with Gasteiger partial charge in [-0.25, -0.2) is 4.79 Å². The Balaban J connectivity index is 2.45. The third kappa shape index (κ3) is 4.79. The van der Waals surface area contributed by atoms with Gasteiger partial charge in [-0.2, -0.15) is 0 Å². The maximum Gasteiger partial charge on any atom is 0.408 e. The molecule has 1 heterocycles. The van der Waals surface area contributed by atoms with E-state index < -0.39 is 11.7 Å². The van der Waals surface area contributed by atoms with E-state index in [0.717, 1.165) is 25.8 Å². The number of rotatable bonds is 1. The standard InChI is InChI=1S/C11H20N2O2S/c1-11(2,3)15-10(14)13-8-6-4-5-7-12-9(8)16/h8H,4-7H2,1-3H3,(H,12,16)(H,13,14). The molecular formula is C11H20N2O2S. The molecule has 4 nitrogen and oxygen atoms in total. The summed E-state index contributed by atoms with van der Waals surface area (Å²) in [4.78, 5) is 12.3. The predicted octanol–water partition coefficient (Wildman–Crippen LogP) is 1.98. The van der Waals surface area contributed by atoms with E-state index in [1.54, 1.807) is 0 Å². The molecule has 1 atom stereocenters. The molecule has 0 aliphatic carbocycles. The van der Waals surface area contributed by atoms with Gasteiger partial charge in [0.2, 0.25) is 0 Å². The molecule has 0 aromatic rings. The molecule has 92 valence electrons. The van der Waals surface area contributed by atoms with Crippen LogP contribution in [-0.2, 0) is 4.74 Å². The van der Waals surface area contributed by atoms with Crippen LogP contribution in [0.4, 0.5) is 4.79 Å². The Morgan fingerprint density at radius 3 is 2.81 bits per heavy atom. The number of carbonyl (C=O) groups excluding carboxylic acids is 1. The van der Waals surface area contributed by atoms with E-state index in [1.165, 1.54) is 0 Å². The SMILES string of the molecule is CC(C)(C)OC(=O)NC1CCCCNC1=S. The van der Waals surface area contributed by atoms with Crippen molar-refractivity contribution in [2.75, 3.05) is 6.54 Å². The molecule has 5 heteroatoms. The number of ether oxygens (including phenoxy) is 1. The first-order valence-electron chi connectivity index (χ1n) is 5.66. The summed E-state index contributed by atoms with van der Waals surface area (Å²) in [7, 11) is 0. The molecule has 2 N–H and O–H groups in total. The van der Waals surface area contributed by atoms with Gasteiger partial charge in [-0.05, 0) is 40.0 Å². The first-order valence-corrected chi connectivity index (χ1v) is 6.06. The zero-order valence-electron chi connectivity index (χ0n) is 10.1. The van der Waals surface area contributed by atoms with Gasteiger partial charge in [0.25, 0.3) is 0 Å². The molecule has 1 unspecified atom stereocenters. The van der Waals surface area contributed by atoms with E-state index >= 15 is 0 Å². The minimum Gasteiger partial charge on any atom is -0.444 e. The van der Waals surface area contributed by atoms with Gasteiger partial charge in [0.1, 0.15) is 5.60 Å². The van der Waals surface area contributed by atoms with Gasteiger partial charge in [0, 0.05) is 6.54 Å². The average Bonchev–Trinajstić information content (AvgIpc) is 2.29. The fraction of sp³-hybridized carbons (Fsp3) is 0.818. The second kappa shape index (κ2) is 5.48. The average molecular weight is 244 g/mol. The summed E-state index contributed by atoms with van der Waals surface area (Å²) < 4.78 is 5.19. The second-order valence-electron chi connectivity index (χ2n) is 4.99. The molecule has 1 fully saturated rings. The van der Waals surface area contributed by atoms with Crippen molar-refractivity contribution in [3.63, 3.8) is 0 Å². The Kier molecular flexibility index (Phi) is 4.53. The predicted molar refractivity (Wildman–Crippen MR) is 67.6 cm³/mol. The van der Waals surface area contributed by atoms with E-state index in [0.29, 0.717) is 4.99 Å². The van der Waals surface area contributed by atoms with Crippen LogP contribution in [0.15, 0.2) is 0 Å². The smallest absolute Gasteiger partial charge is 0.408 e. The molecule has 0 radical (unpaired) electrons. The highest BCUT2D eigenvalue weighted by Crippen LogP contribution is 2.10. The molecule has 1 saturated heterocycles. The van der Waals surface area contributed by atoms with Crippen LogP contribution in [0.1, 0.15) is 40.0 Å². The van der Waals surface area contributed by atoms with Crippen LogP contribution in [-0.4, -0.2) is 29.3 Å². The van der Waals surface area contributed by atoms with Crippen molar-refractivity contribution in [3.05, 3.63) is 0 Å². The minimum absolute atomic E-state index is 0.0904. The van der Waals surface area contributed by atoms with E-state index in [1.807, 2.05) is 20.8 Å². The van der Waals surface area contributed by atoms with Crippen LogP contribution in [0.5, 0.6) is 0 Å². The maximum absolute atomic E-state index is 11.6. The van der Waals surface area contributed by atoms with Crippen LogP contribution in [0.25, 0.3) is 0 Å². The van der Waals surface area contributed by atoms with Crippen LogP contribution in [0, 0.1) is 0 Å². The molecule has 0 bridgehead atoms. The molecular weight excluding hydrogens is 224 g/mol. The lowest BCUT2D eigenvalue weighted by molar-refractivity contribution is 0.0516. The van der Waals surface area contributed by atoms with Gasteiger partial charge >= 0.3 is 6.09 Å². The highest BCUT2D eigenvalue weighted by Gasteiger charge is 2.22. The Morgan fingerprint density at radius 2 is 2.19 bits per heavy atom.